The number of hydrogen-bond donors (Lipinski definition) is 2. The minimum atomic E-state index is 0.0704. The van der Waals surface area contributed by atoms with Crippen molar-refractivity contribution >= 4 is 5.69 Å². The molecule has 0 bridgehead atoms. The second-order valence-corrected chi connectivity index (χ2v) is 4.53. The van der Waals surface area contributed by atoms with Gasteiger partial charge in [0.05, 0.1) is 11.9 Å². The van der Waals surface area contributed by atoms with Crippen molar-refractivity contribution in [3.05, 3.63) is 36.3 Å². The molecule has 1 aliphatic heterocycles. The molecule has 2 heterocycles. The van der Waals surface area contributed by atoms with Crippen molar-refractivity contribution in [1.82, 2.24) is 9.55 Å². The van der Waals surface area contributed by atoms with Gasteiger partial charge in [-0.2, -0.15) is 0 Å². The molecule has 0 spiro atoms. The maximum absolute atomic E-state index is 6.07. The van der Waals surface area contributed by atoms with Crippen molar-refractivity contribution in [2.75, 3.05) is 5.73 Å². The Balaban J connectivity index is 2.05. The van der Waals surface area contributed by atoms with E-state index in [1.165, 1.54) is 0 Å². The Bertz CT molecular complexity index is 544. The number of benzene rings is 1. The van der Waals surface area contributed by atoms with Gasteiger partial charge in [-0.1, -0.05) is 12.1 Å². The SMILES string of the molecule is Nc1cccc(-c2cn3c(n2)CCCC3N)c1. The zero-order chi connectivity index (χ0) is 11.8. The second-order valence-electron chi connectivity index (χ2n) is 4.53. The first kappa shape index (κ1) is 10.4. The van der Waals surface area contributed by atoms with E-state index >= 15 is 0 Å². The predicted molar refractivity (Wildman–Crippen MR) is 68.2 cm³/mol. The minimum Gasteiger partial charge on any atom is -0.399 e. The first-order valence-corrected chi connectivity index (χ1v) is 5.93. The Labute approximate surface area is 100 Å². The Morgan fingerprint density at radius 1 is 1.35 bits per heavy atom. The summed E-state index contributed by atoms with van der Waals surface area (Å²) in [5.74, 6) is 1.08. The largest absolute Gasteiger partial charge is 0.399 e. The lowest BCUT2D eigenvalue weighted by Gasteiger charge is -2.20. The highest BCUT2D eigenvalue weighted by molar-refractivity contribution is 5.63. The van der Waals surface area contributed by atoms with E-state index in [4.69, 9.17) is 11.5 Å². The third-order valence-electron chi connectivity index (χ3n) is 3.25. The number of aryl methyl sites for hydroxylation is 1. The molecular formula is C13H16N4. The van der Waals surface area contributed by atoms with E-state index in [2.05, 4.69) is 9.55 Å². The molecular weight excluding hydrogens is 212 g/mol. The van der Waals surface area contributed by atoms with Crippen molar-refractivity contribution in [3.8, 4) is 11.3 Å². The predicted octanol–water partition coefficient (Wildman–Crippen LogP) is 1.93. The van der Waals surface area contributed by atoms with Crippen LogP contribution in [0.2, 0.25) is 0 Å². The maximum Gasteiger partial charge on any atom is 0.110 e. The maximum atomic E-state index is 6.07. The van der Waals surface area contributed by atoms with Crippen LogP contribution < -0.4 is 11.5 Å². The fourth-order valence-corrected chi connectivity index (χ4v) is 2.35. The summed E-state index contributed by atoms with van der Waals surface area (Å²) < 4.78 is 2.09. The molecule has 88 valence electrons. The molecule has 17 heavy (non-hydrogen) atoms. The van der Waals surface area contributed by atoms with Crippen LogP contribution in [-0.2, 0) is 6.42 Å². The van der Waals surface area contributed by atoms with Crippen LogP contribution in [0.25, 0.3) is 11.3 Å². The van der Waals surface area contributed by atoms with Crippen molar-refractivity contribution in [3.63, 3.8) is 0 Å². The molecule has 2 aromatic rings. The van der Waals surface area contributed by atoms with E-state index in [-0.39, 0.29) is 6.17 Å². The van der Waals surface area contributed by atoms with Crippen molar-refractivity contribution in [2.24, 2.45) is 5.73 Å². The number of nitrogen functional groups attached to an aromatic ring is 1. The summed E-state index contributed by atoms with van der Waals surface area (Å²) in [6.07, 6.45) is 5.26. The van der Waals surface area contributed by atoms with Gasteiger partial charge >= 0.3 is 0 Å². The van der Waals surface area contributed by atoms with Crippen molar-refractivity contribution in [2.45, 2.75) is 25.4 Å². The van der Waals surface area contributed by atoms with Crippen molar-refractivity contribution in [1.29, 1.82) is 0 Å². The average Bonchev–Trinajstić information content (AvgIpc) is 2.74. The highest BCUT2D eigenvalue weighted by Crippen LogP contribution is 2.26. The molecule has 0 amide bonds. The highest BCUT2D eigenvalue weighted by atomic mass is 15.2. The molecule has 1 atom stereocenters. The zero-order valence-electron chi connectivity index (χ0n) is 9.63. The summed E-state index contributed by atoms with van der Waals surface area (Å²) >= 11 is 0. The molecule has 4 N–H and O–H groups in total. The van der Waals surface area contributed by atoms with Gasteiger partial charge in [0.25, 0.3) is 0 Å². The van der Waals surface area contributed by atoms with Crippen LogP contribution >= 0.6 is 0 Å². The van der Waals surface area contributed by atoms with Gasteiger partial charge in [0.2, 0.25) is 0 Å². The van der Waals surface area contributed by atoms with E-state index in [9.17, 15) is 0 Å². The molecule has 1 aromatic heterocycles. The normalized spacial score (nSPS) is 19.0. The standard InChI is InChI=1S/C13H16N4/c14-10-4-1-3-9(7-10)11-8-17-12(15)5-2-6-13(17)16-11/h1,3-4,7-8,12H,2,5-6,14-15H2. The number of nitrogens with zero attached hydrogens (tertiary/aromatic N) is 2. The lowest BCUT2D eigenvalue weighted by molar-refractivity contribution is 0.408. The number of rotatable bonds is 1. The topological polar surface area (TPSA) is 69.9 Å². The van der Waals surface area contributed by atoms with Gasteiger partial charge in [-0.3, -0.25) is 0 Å². The summed E-state index contributed by atoms with van der Waals surface area (Å²) in [5, 5.41) is 0. The van der Waals surface area contributed by atoms with E-state index in [0.717, 1.165) is 42.0 Å². The van der Waals surface area contributed by atoms with E-state index < -0.39 is 0 Å². The number of imidazole rings is 1. The van der Waals surface area contributed by atoms with Gasteiger partial charge in [0.1, 0.15) is 5.82 Å². The summed E-state index contributed by atoms with van der Waals surface area (Å²) in [5.41, 5.74) is 14.6. The molecule has 0 fully saturated rings. The molecule has 0 aliphatic carbocycles. The van der Waals surface area contributed by atoms with Gasteiger partial charge in [-0.15, -0.1) is 0 Å². The summed E-state index contributed by atoms with van der Waals surface area (Å²) in [7, 11) is 0. The number of aromatic nitrogens is 2. The number of anilines is 1. The van der Waals surface area contributed by atoms with Crippen LogP contribution in [0.1, 0.15) is 24.8 Å². The second kappa shape index (κ2) is 3.89. The van der Waals surface area contributed by atoms with E-state index in [0.29, 0.717) is 0 Å². The quantitative estimate of drug-likeness (QED) is 0.733. The van der Waals surface area contributed by atoms with Crippen LogP contribution in [0, 0.1) is 0 Å². The molecule has 1 unspecified atom stereocenters. The summed E-state index contributed by atoms with van der Waals surface area (Å²) in [6, 6.07) is 7.80. The lowest BCUT2D eigenvalue weighted by atomic mass is 10.1. The average molecular weight is 228 g/mol. The smallest absolute Gasteiger partial charge is 0.110 e. The van der Waals surface area contributed by atoms with Gasteiger partial charge in [-0.25, -0.2) is 4.98 Å². The third-order valence-corrected chi connectivity index (χ3v) is 3.25. The Kier molecular flexibility index (Phi) is 2.37. The Morgan fingerprint density at radius 3 is 3.00 bits per heavy atom. The van der Waals surface area contributed by atoms with Gasteiger partial charge < -0.3 is 16.0 Å². The Hall–Kier alpha value is -1.81. The zero-order valence-corrected chi connectivity index (χ0v) is 9.63. The van der Waals surface area contributed by atoms with Crippen LogP contribution in [0.15, 0.2) is 30.5 Å². The summed E-state index contributed by atoms with van der Waals surface area (Å²) in [4.78, 5) is 4.64. The number of hydrogen-bond acceptors (Lipinski definition) is 3. The van der Waals surface area contributed by atoms with Crippen LogP contribution in [0.3, 0.4) is 0 Å². The Morgan fingerprint density at radius 2 is 2.24 bits per heavy atom. The van der Waals surface area contributed by atoms with Crippen molar-refractivity contribution < 1.29 is 0 Å². The van der Waals surface area contributed by atoms with Gasteiger partial charge in [0.15, 0.2) is 0 Å². The van der Waals surface area contributed by atoms with Gasteiger partial charge in [-0.05, 0) is 25.0 Å². The lowest BCUT2D eigenvalue weighted by Crippen LogP contribution is -2.24. The molecule has 4 heteroatoms. The van der Waals surface area contributed by atoms with E-state index in [1.807, 2.05) is 30.5 Å². The molecule has 0 saturated carbocycles. The van der Waals surface area contributed by atoms with E-state index in [1.54, 1.807) is 0 Å². The fraction of sp³-hybridized carbons (Fsp3) is 0.308. The number of fused-ring (bicyclic) bond motifs is 1. The fourth-order valence-electron chi connectivity index (χ4n) is 2.35. The van der Waals surface area contributed by atoms with Crippen LogP contribution in [0.5, 0.6) is 0 Å². The molecule has 4 nitrogen and oxygen atoms in total. The molecule has 0 saturated heterocycles. The molecule has 1 aliphatic rings. The third kappa shape index (κ3) is 1.80. The number of nitrogens with two attached hydrogens (primary N) is 2. The van der Waals surface area contributed by atoms with Gasteiger partial charge in [0, 0.05) is 23.9 Å². The first-order valence-electron chi connectivity index (χ1n) is 5.93. The molecule has 0 radical (unpaired) electrons. The first-order chi connectivity index (χ1) is 8.24. The van der Waals surface area contributed by atoms with Crippen LogP contribution in [0.4, 0.5) is 5.69 Å². The molecule has 1 aromatic carbocycles. The highest BCUT2D eigenvalue weighted by Gasteiger charge is 2.18. The minimum absolute atomic E-state index is 0.0704. The summed E-state index contributed by atoms with van der Waals surface area (Å²) in [6.45, 7) is 0. The monoisotopic (exact) mass is 228 g/mol. The molecule has 3 rings (SSSR count). The van der Waals surface area contributed by atoms with Crippen LogP contribution in [-0.4, -0.2) is 9.55 Å².